The second-order valence-corrected chi connectivity index (χ2v) is 5.77. The van der Waals surface area contributed by atoms with Crippen LogP contribution in [0, 0.1) is 12.8 Å². The molecule has 0 spiro atoms. The summed E-state index contributed by atoms with van der Waals surface area (Å²) in [5.41, 5.74) is 9.00. The Morgan fingerprint density at radius 3 is 2.33 bits per heavy atom. The van der Waals surface area contributed by atoms with Crippen molar-refractivity contribution in [2.24, 2.45) is 11.7 Å². The smallest absolute Gasteiger partial charge is 0.251 e. The molecule has 5 nitrogen and oxygen atoms in total. The quantitative estimate of drug-likeness (QED) is 0.790. The molecule has 0 aliphatic carbocycles. The van der Waals surface area contributed by atoms with Crippen molar-refractivity contribution in [3.8, 4) is 0 Å². The Kier molecular flexibility index (Phi) is 5.71. The topological polar surface area (TPSA) is 84.2 Å². The number of benzene rings is 2. The third kappa shape index (κ3) is 3.81. The number of anilines is 1. The zero-order valence-electron chi connectivity index (χ0n) is 14.2. The maximum absolute atomic E-state index is 12.5. The van der Waals surface area contributed by atoms with Crippen LogP contribution in [0.25, 0.3) is 0 Å². The van der Waals surface area contributed by atoms with Crippen molar-refractivity contribution in [2.45, 2.75) is 19.9 Å². The first-order valence-electron chi connectivity index (χ1n) is 7.88. The molecule has 2 aromatic rings. The lowest BCUT2D eigenvalue weighted by Gasteiger charge is -2.21. The summed E-state index contributed by atoms with van der Waals surface area (Å²) in [5.74, 6) is -0.767. The molecule has 0 aliphatic rings. The number of hydrogen-bond acceptors (Lipinski definition) is 3. The van der Waals surface area contributed by atoms with E-state index in [4.69, 9.17) is 5.73 Å². The van der Waals surface area contributed by atoms with Gasteiger partial charge in [-0.05, 0) is 30.2 Å². The van der Waals surface area contributed by atoms with Crippen LogP contribution in [0.15, 0.2) is 48.5 Å². The lowest BCUT2D eigenvalue weighted by Crippen LogP contribution is -2.31. The summed E-state index contributed by atoms with van der Waals surface area (Å²) in [7, 11) is 1.58. The number of carbonyl (C=O) groups is 2. The summed E-state index contributed by atoms with van der Waals surface area (Å²) in [4.78, 5) is 24.4. The molecule has 0 heterocycles. The summed E-state index contributed by atoms with van der Waals surface area (Å²) in [6, 6.07) is 14.4. The Hall–Kier alpha value is -2.66. The second-order valence-electron chi connectivity index (χ2n) is 5.77. The standard InChI is InChI=1S/C19H23N3O2/c1-12-15(19(24)21-3)10-7-11-16(12)22-18(23)13(2)17(20)14-8-5-4-6-9-14/h4-11,13,17H,20H2,1-3H3,(H,21,24)(H,22,23). The van der Waals surface area contributed by atoms with Crippen molar-refractivity contribution in [1.82, 2.24) is 5.32 Å². The van der Waals surface area contributed by atoms with Gasteiger partial charge in [0.2, 0.25) is 5.91 Å². The minimum Gasteiger partial charge on any atom is -0.355 e. The van der Waals surface area contributed by atoms with Crippen molar-refractivity contribution < 1.29 is 9.59 Å². The van der Waals surface area contributed by atoms with Crippen LogP contribution in [0.4, 0.5) is 5.69 Å². The molecule has 0 radical (unpaired) electrons. The molecule has 2 amide bonds. The van der Waals surface area contributed by atoms with Crippen molar-refractivity contribution >= 4 is 17.5 Å². The zero-order chi connectivity index (χ0) is 17.7. The third-order valence-corrected chi connectivity index (χ3v) is 4.20. The van der Waals surface area contributed by atoms with Crippen LogP contribution in [-0.4, -0.2) is 18.9 Å². The van der Waals surface area contributed by atoms with Crippen LogP contribution >= 0.6 is 0 Å². The van der Waals surface area contributed by atoms with E-state index in [9.17, 15) is 9.59 Å². The first-order valence-corrected chi connectivity index (χ1v) is 7.88. The lowest BCUT2D eigenvalue weighted by molar-refractivity contribution is -0.120. The largest absolute Gasteiger partial charge is 0.355 e. The van der Waals surface area contributed by atoms with E-state index in [-0.39, 0.29) is 11.8 Å². The van der Waals surface area contributed by atoms with Crippen molar-refractivity contribution in [2.75, 3.05) is 12.4 Å². The molecular weight excluding hydrogens is 302 g/mol. The average Bonchev–Trinajstić information content (AvgIpc) is 2.62. The molecule has 0 bridgehead atoms. The Balaban J connectivity index is 2.16. The van der Waals surface area contributed by atoms with Crippen LogP contribution < -0.4 is 16.4 Å². The second kappa shape index (κ2) is 7.75. The molecule has 0 aromatic heterocycles. The summed E-state index contributed by atoms with van der Waals surface area (Å²) in [5, 5.41) is 5.47. The van der Waals surface area contributed by atoms with E-state index >= 15 is 0 Å². The predicted molar refractivity (Wildman–Crippen MR) is 95.7 cm³/mol. The molecular formula is C19H23N3O2. The summed E-state index contributed by atoms with van der Waals surface area (Å²) in [6.07, 6.45) is 0. The van der Waals surface area contributed by atoms with Gasteiger partial charge in [0, 0.05) is 24.3 Å². The minimum atomic E-state index is -0.407. The van der Waals surface area contributed by atoms with Gasteiger partial charge in [-0.2, -0.15) is 0 Å². The molecule has 2 atom stereocenters. The molecule has 0 saturated heterocycles. The first-order chi connectivity index (χ1) is 11.5. The van der Waals surface area contributed by atoms with Gasteiger partial charge in [-0.15, -0.1) is 0 Å². The number of carbonyl (C=O) groups excluding carboxylic acids is 2. The van der Waals surface area contributed by atoms with E-state index in [0.717, 1.165) is 11.1 Å². The monoisotopic (exact) mass is 325 g/mol. The SMILES string of the molecule is CNC(=O)c1cccc(NC(=O)C(C)C(N)c2ccccc2)c1C. The Labute approximate surface area is 142 Å². The maximum atomic E-state index is 12.5. The highest BCUT2D eigenvalue weighted by atomic mass is 16.2. The molecule has 4 N–H and O–H groups in total. The maximum Gasteiger partial charge on any atom is 0.251 e. The molecule has 126 valence electrons. The van der Waals surface area contributed by atoms with Crippen molar-refractivity contribution in [1.29, 1.82) is 0 Å². The first kappa shape index (κ1) is 17.7. The summed E-state index contributed by atoms with van der Waals surface area (Å²) >= 11 is 0. The summed E-state index contributed by atoms with van der Waals surface area (Å²) < 4.78 is 0. The van der Waals surface area contributed by atoms with E-state index in [1.165, 1.54) is 0 Å². The van der Waals surface area contributed by atoms with Gasteiger partial charge in [0.25, 0.3) is 5.91 Å². The Morgan fingerprint density at radius 2 is 1.71 bits per heavy atom. The highest BCUT2D eigenvalue weighted by Gasteiger charge is 2.23. The van der Waals surface area contributed by atoms with Gasteiger partial charge >= 0.3 is 0 Å². The van der Waals surface area contributed by atoms with E-state index in [2.05, 4.69) is 10.6 Å². The number of rotatable bonds is 5. The number of hydrogen-bond donors (Lipinski definition) is 3. The highest BCUT2D eigenvalue weighted by Crippen LogP contribution is 2.23. The number of amides is 2. The third-order valence-electron chi connectivity index (χ3n) is 4.20. The molecule has 2 unspecified atom stereocenters. The van der Waals surface area contributed by atoms with Gasteiger partial charge in [-0.25, -0.2) is 0 Å². The van der Waals surface area contributed by atoms with Gasteiger partial charge in [0.15, 0.2) is 0 Å². The minimum absolute atomic E-state index is 0.177. The zero-order valence-corrected chi connectivity index (χ0v) is 14.2. The molecule has 24 heavy (non-hydrogen) atoms. The number of nitrogens with one attached hydrogen (secondary N) is 2. The van der Waals surface area contributed by atoms with Crippen LogP contribution in [-0.2, 0) is 4.79 Å². The van der Waals surface area contributed by atoms with Gasteiger partial charge in [-0.3, -0.25) is 9.59 Å². The Morgan fingerprint density at radius 1 is 1.04 bits per heavy atom. The molecule has 0 aliphatic heterocycles. The normalized spacial score (nSPS) is 13.0. The van der Waals surface area contributed by atoms with Crippen molar-refractivity contribution in [3.05, 3.63) is 65.2 Å². The van der Waals surface area contributed by atoms with Gasteiger partial charge in [0.1, 0.15) is 0 Å². The van der Waals surface area contributed by atoms with Gasteiger partial charge in [0.05, 0.1) is 5.92 Å². The van der Waals surface area contributed by atoms with Gasteiger partial charge in [-0.1, -0.05) is 43.3 Å². The molecule has 5 heteroatoms. The molecule has 0 saturated carbocycles. The van der Waals surface area contributed by atoms with E-state index in [0.29, 0.717) is 11.3 Å². The lowest BCUT2D eigenvalue weighted by atomic mass is 9.94. The van der Waals surface area contributed by atoms with E-state index in [1.54, 1.807) is 32.2 Å². The van der Waals surface area contributed by atoms with E-state index < -0.39 is 12.0 Å². The fourth-order valence-electron chi connectivity index (χ4n) is 2.53. The summed E-state index contributed by atoms with van der Waals surface area (Å²) in [6.45, 7) is 3.60. The number of nitrogens with two attached hydrogens (primary N) is 1. The van der Waals surface area contributed by atoms with Crippen molar-refractivity contribution in [3.63, 3.8) is 0 Å². The van der Waals surface area contributed by atoms with Crippen LogP contribution in [0.3, 0.4) is 0 Å². The fourth-order valence-corrected chi connectivity index (χ4v) is 2.53. The fraction of sp³-hybridized carbons (Fsp3) is 0.263. The van der Waals surface area contributed by atoms with Crippen LogP contribution in [0.5, 0.6) is 0 Å². The highest BCUT2D eigenvalue weighted by molar-refractivity contribution is 5.99. The van der Waals surface area contributed by atoms with Crippen LogP contribution in [0.2, 0.25) is 0 Å². The predicted octanol–water partition coefficient (Wildman–Crippen LogP) is 2.63. The van der Waals surface area contributed by atoms with Crippen LogP contribution in [0.1, 0.15) is 34.5 Å². The Bertz CT molecular complexity index is 729. The molecule has 2 rings (SSSR count). The average molecular weight is 325 g/mol. The van der Waals surface area contributed by atoms with E-state index in [1.807, 2.05) is 37.3 Å². The van der Waals surface area contributed by atoms with Gasteiger partial charge < -0.3 is 16.4 Å². The molecule has 2 aromatic carbocycles. The molecule has 0 fully saturated rings.